The number of aromatic nitrogens is 2. The van der Waals surface area contributed by atoms with E-state index < -0.39 is 137 Å². The number of aromatic hydroxyl groups is 1. The number of aliphatic hydroxyl groups excluding tert-OH is 1. The molecule has 0 radical (unpaired) electrons. The summed E-state index contributed by atoms with van der Waals surface area (Å²) in [6.45, 7) is 6.77. The van der Waals surface area contributed by atoms with Gasteiger partial charge in [-0.25, -0.2) is 13.8 Å². The summed E-state index contributed by atoms with van der Waals surface area (Å²) >= 11 is 0. The lowest BCUT2D eigenvalue weighted by Crippen LogP contribution is -2.49. The second-order valence-corrected chi connectivity index (χ2v) is 20.4. The van der Waals surface area contributed by atoms with E-state index in [2.05, 4.69) is 25.9 Å². The summed E-state index contributed by atoms with van der Waals surface area (Å²) in [5.74, 6) is -13.9. The number of primary amides is 1. The van der Waals surface area contributed by atoms with Gasteiger partial charge < -0.3 is 51.2 Å². The number of hydrogen-bond acceptors (Lipinski definition) is 17. The Morgan fingerprint density at radius 2 is 1.42 bits per heavy atom. The van der Waals surface area contributed by atoms with Gasteiger partial charge in [0.15, 0.2) is 40.5 Å². The summed E-state index contributed by atoms with van der Waals surface area (Å²) in [6.07, 6.45) is 0.757. The molecule has 9 N–H and O–H groups in total. The van der Waals surface area contributed by atoms with Crippen molar-refractivity contribution in [3.8, 4) is 28.2 Å². The molecule has 1 aromatic heterocycles. The zero-order valence-corrected chi connectivity index (χ0v) is 46.2. The Kier molecular flexibility index (Phi) is 25.1. The largest absolute Gasteiger partial charge is 0.505 e. The van der Waals surface area contributed by atoms with E-state index in [0.29, 0.717) is 30.5 Å². The predicted octanol–water partition coefficient (Wildman–Crippen LogP) is 4.63. The Bertz CT molecular complexity index is 3260. The standard InChI is InChI=1S/C57H66F2N6O15.CO2/c1-28(55(77)63-31(4)46(70)23-38(32(5)67)57(79)65-43(20-37-26-61-27-62-37)49(73)19-35(54(60)76)14-15-52(74)75)16-45(69)30(3)64-56(78)36(17-29(2)66)10-7-6-8-13-44(68)33-11-9-12-34(18-33)53-39-21-41(58)47(71)24-50(39)80-51-25-48(72)42(59)22-40(51)53;2-1-3/h9,11-12,18,21-22,24-28,30-32,35-36,38,43,67,71H,6-8,10,13-17,19-20,23H2,1-5H3,(H2,60,76)(H,61,62)(H,63,77)(H,64,78)(H,65,79)(H,74,75);/t28-,30+,31+,32-,35-,36-,38+,43+;/m0./s1. The Balaban J connectivity index is 0.00000482. The summed E-state index contributed by atoms with van der Waals surface area (Å²) in [7, 11) is 0. The fourth-order valence-electron chi connectivity index (χ4n) is 9.19. The fraction of sp³-hybridized carbons (Fsp3) is 0.431. The molecule has 0 fully saturated rings. The number of fused-ring (bicyclic) bond motifs is 2. The second kappa shape index (κ2) is 31.3. The first-order valence-electron chi connectivity index (χ1n) is 26.5. The number of amides is 4. The zero-order valence-electron chi connectivity index (χ0n) is 46.2. The number of carbonyl (C=O) groups excluding carboxylic acids is 11. The SMILES string of the molecule is CC(=O)C[C@H](CCCCCC(=O)c1cccc(-c2c3cc(F)c(=O)cc-3oc3cc(O)c(F)cc23)c1)C(=O)N[C@H](C)C(=O)C[C@H](C)C(=O)N[C@H](C)C(=O)C[C@@H](C(=O)N[C@H](Cc1cnc[nH]1)C(=O)C[C@H](CCC(=O)O)C(N)=O)[C@H](C)O.O=C=O. The van der Waals surface area contributed by atoms with E-state index in [-0.39, 0.29) is 89.7 Å². The fourth-order valence-corrected chi connectivity index (χ4v) is 9.19. The topological polar surface area (TPSA) is 387 Å². The number of nitrogens with one attached hydrogen (secondary N) is 4. The van der Waals surface area contributed by atoms with Crippen LogP contribution in [0.5, 0.6) is 5.75 Å². The number of phenolic OH excluding ortho intramolecular Hbond substituents is 1. The number of benzene rings is 3. The van der Waals surface area contributed by atoms with Gasteiger partial charge >= 0.3 is 12.1 Å². The van der Waals surface area contributed by atoms with E-state index in [1.54, 1.807) is 24.3 Å². The van der Waals surface area contributed by atoms with E-state index in [1.807, 2.05) is 0 Å². The van der Waals surface area contributed by atoms with E-state index in [1.165, 1.54) is 47.1 Å². The first kappa shape index (κ1) is 66.6. The number of aliphatic carboxylic acids is 1. The summed E-state index contributed by atoms with van der Waals surface area (Å²) in [5, 5.41) is 37.5. The van der Waals surface area contributed by atoms with E-state index in [0.717, 1.165) is 24.3 Å². The zero-order chi connectivity index (χ0) is 61.8. The number of aromatic amines is 1. The number of aliphatic hydroxyl groups is 1. The monoisotopic (exact) mass is 1160 g/mol. The van der Waals surface area contributed by atoms with Crippen molar-refractivity contribution in [3.63, 3.8) is 0 Å². The minimum Gasteiger partial charge on any atom is -0.505 e. The molecule has 0 unspecified atom stereocenters. The van der Waals surface area contributed by atoms with Crippen LogP contribution in [0.25, 0.3) is 33.4 Å². The second-order valence-electron chi connectivity index (χ2n) is 20.4. The quantitative estimate of drug-likeness (QED) is 0.0165. The van der Waals surface area contributed by atoms with Gasteiger partial charge in [0.05, 0.1) is 36.5 Å². The van der Waals surface area contributed by atoms with Crippen molar-refractivity contribution in [1.82, 2.24) is 25.9 Å². The number of ketones is 5. The lowest BCUT2D eigenvalue weighted by atomic mass is 9.90. The number of Topliss-reactive ketones (excluding diaryl/α,β-unsaturated/α-hetero) is 5. The molecule has 0 spiro atoms. The molecule has 2 aliphatic rings. The maximum Gasteiger partial charge on any atom is 0.373 e. The third kappa shape index (κ3) is 19.6. The molecule has 1 aliphatic heterocycles. The average molecular weight is 1160 g/mol. The molecule has 5 rings (SSSR count). The van der Waals surface area contributed by atoms with E-state index in [4.69, 9.17) is 24.8 Å². The number of carboxylic acids is 1. The van der Waals surface area contributed by atoms with Crippen LogP contribution in [0, 0.1) is 35.3 Å². The normalized spacial score (nSPS) is 14.0. The van der Waals surface area contributed by atoms with Crippen LogP contribution in [0.3, 0.4) is 0 Å². The van der Waals surface area contributed by atoms with Crippen molar-refractivity contribution in [3.05, 3.63) is 94.2 Å². The van der Waals surface area contributed by atoms with E-state index in [9.17, 15) is 71.7 Å². The van der Waals surface area contributed by atoms with Crippen molar-refractivity contribution in [2.75, 3.05) is 0 Å². The Morgan fingerprint density at radius 1 is 0.759 bits per heavy atom. The van der Waals surface area contributed by atoms with Crippen molar-refractivity contribution >= 4 is 75.6 Å². The van der Waals surface area contributed by atoms with Crippen molar-refractivity contribution in [2.45, 2.75) is 136 Å². The highest BCUT2D eigenvalue weighted by Gasteiger charge is 2.35. The summed E-state index contributed by atoms with van der Waals surface area (Å²) < 4.78 is 35.0. The van der Waals surface area contributed by atoms with Gasteiger partial charge in [0.1, 0.15) is 17.1 Å². The summed E-state index contributed by atoms with van der Waals surface area (Å²) in [5.41, 5.74) is 5.99. The van der Waals surface area contributed by atoms with Crippen LogP contribution in [0.2, 0.25) is 0 Å². The number of halogens is 2. The first-order valence-corrected chi connectivity index (χ1v) is 26.5. The number of nitrogens with two attached hydrogens (primary N) is 1. The predicted molar refractivity (Wildman–Crippen MR) is 290 cm³/mol. The number of nitrogens with zero attached hydrogens (tertiary/aromatic N) is 1. The molecule has 83 heavy (non-hydrogen) atoms. The number of rotatable bonds is 32. The number of imidazole rings is 1. The molecular formula is C58H66F2N6O17. The highest BCUT2D eigenvalue weighted by atomic mass is 19.1. The molecular weight excluding hydrogens is 1090 g/mol. The van der Waals surface area contributed by atoms with Crippen LogP contribution >= 0.6 is 0 Å². The van der Waals surface area contributed by atoms with Gasteiger partial charge in [0.25, 0.3) is 0 Å². The van der Waals surface area contributed by atoms with Crippen LogP contribution in [0.1, 0.15) is 121 Å². The van der Waals surface area contributed by atoms with Crippen LogP contribution in [-0.4, -0.2) is 114 Å². The third-order valence-electron chi connectivity index (χ3n) is 13.9. The van der Waals surface area contributed by atoms with E-state index >= 15 is 0 Å². The lowest BCUT2D eigenvalue weighted by molar-refractivity contribution is -0.192. The Hall–Kier alpha value is -8.96. The number of phenols is 1. The van der Waals surface area contributed by atoms with Gasteiger partial charge in [-0.2, -0.15) is 9.59 Å². The third-order valence-corrected chi connectivity index (χ3v) is 13.9. The van der Waals surface area contributed by atoms with Crippen LogP contribution < -0.4 is 27.1 Å². The summed E-state index contributed by atoms with van der Waals surface area (Å²) in [6, 6.07) is 6.70. The van der Waals surface area contributed by atoms with Gasteiger partial charge in [-0.15, -0.1) is 0 Å². The average Bonchev–Trinajstić information content (AvgIpc) is 3.77. The molecule has 0 bridgehead atoms. The van der Waals surface area contributed by atoms with Gasteiger partial charge in [-0.1, -0.05) is 38.0 Å². The summed E-state index contributed by atoms with van der Waals surface area (Å²) in [4.78, 5) is 165. The molecule has 3 aromatic rings. The molecule has 8 atom stereocenters. The number of carboxylic acid groups (broad SMARTS) is 1. The molecule has 444 valence electrons. The molecule has 2 heterocycles. The molecule has 25 heteroatoms. The molecule has 0 saturated carbocycles. The minimum atomic E-state index is -1.43. The lowest BCUT2D eigenvalue weighted by Gasteiger charge is -2.25. The van der Waals surface area contributed by atoms with Crippen molar-refractivity contribution in [2.24, 2.45) is 29.4 Å². The van der Waals surface area contributed by atoms with Crippen molar-refractivity contribution in [1.29, 1.82) is 0 Å². The number of unbranched alkanes of at least 4 members (excludes halogenated alkanes) is 2. The highest BCUT2D eigenvalue weighted by molar-refractivity contribution is 6.04. The van der Waals surface area contributed by atoms with Gasteiger partial charge in [-0.3, -0.25) is 47.9 Å². The number of hydrogen-bond donors (Lipinski definition) is 8. The molecule has 2 aromatic carbocycles. The van der Waals surface area contributed by atoms with Gasteiger partial charge in [0, 0.05) is 109 Å². The molecule has 4 amide bonds. The van der Waals surface area contributed by atoms with Crippen LogP contribution in [0.15, 0.2) is 70.3 Å². The molecule has 0 saturated heterocycles. The van der Waals surface area contributed by atoms with Gasteiger partial charge in [0.2, 0.25) is 29.1 Å². The molecule has 23 nitrogen and oxygen atoms in total. The minimum absolute atomic E-state index is 0.0136. The maximum absolute atomic E-state index is 14.6. The smallest absolute Gasteiger partial charge is 0.373 e. The number of H-pyrrole nitrogens is 1. The first-order chi connectivity index (χ1) is 39.1. The Morgan fingerprint density at radius 3 is 2.04 bits per heavy atom. The van der Waals surface area contributed by atoms with Crippen LogP contribution in [0.4, 0.5) is 8.78 Å². The van der Waals surface area contributed by atoms with Crippen molar-refractivity contribution < 1.29 is 86.1 Å². The number of carbonyl (C=O) groups is 10. The molecule has 1 aliphatic carbocycles. The van der Waals surface area contributed by atoms with Crippen LogP contribution in [-0.2, 0) is 59.2 Å². The maximum atomic E-state index is 14.6. The van der Waals surface area contributed by atoms with Gasteiger partial charge in [-0.05, 0) is 70.7 Å². The highest BCUT2D eigenvalue weighted by Crippen LogP contribution is 2.42. The Labute approximate surface area is 473 Å².